The molecule has 0 saturated carbocycles. The van der Waals surface area contributed by atoms with Gasteiger partial charge in [-0.2, -0.15) is 0 Å². The summed E-state index contributed by atoms with van der Waals surface area (Å²) < 4.78 is 9.98. The van der Waals surface area contributed by atoms with E-state index in [1.165, 1.54) is 38.3 Å². The van der Waals surface area contributed by atoms with E-state index in [2.05, 4.69) is 10.6 Å². The van der Waals surface area contributed by atoms with Crippen LogP contribution in [-0.4, -0.2) is 24.0 Å². The Morgan fingerprint density at radius 3 is 2.52 bits per heavy atom. The number of amides is 2. The van der Waals surface area contributed by atoms with Crippen LogP contribution in [0.25, 0.3) is 0 Å². The van der Waals surface area contributed by atoms with Crippen LogP contribution in [-0.2, 0) is 4.79 Å². The van der Waals surface area contributed by atoms with Gasteiger partial charge >= 0.3 is 12.0 Å². The fourth-order valence-corrected chi connectivity index (χ4v) is 1.98. The Morgan fingerprint density at radius 1 is 1.12 bits per heavy atom. The Bertz CT molecular complexity index is 821. The summed E-state index contributed by atoms with van der Waals surface area (Å²) in [5.74, 6) is -0.0338. The maximum Gasteiger partial charge on any atom is 0.323 e. The summed E-state index contributed by atoms with van der Waals surface area (Å²) in [6.45, 7) is 1.27. The Morgan fingerprint density at radius 2 is 1.88 bits per heavy atom. The van der Waals surface area contributed by atoms with Crippen LogP contribution in [0.3, 0.4) is 0 Å². The molecular formula is C16H15N3O6. The minimum Gasteiger partial charge on any atom is -0.494 e. The molecule has 0 atom stereocenters. The zero-order valence-corrected chi connectivity index (χ0v) is 13.4. The summed E-state index contributed by atoms with van der Waals surface area (Å²) in [7, 11) is 1.34. The average molecular weight is 345 g/mol. The summed E-state index contributed by atoms with van der Waals surface area (Å²) in [4.78, 5) is 33.2. The van der Waals surface area contributed by atoms with Gasteiger partial charge in [-0.05, 0) is 18.2 Å². The van der Waals surface area contributed by atoms with Crippen LogP contribution in [0.15, 0.2) is 42.5 Å². The third-order valence-corrected chi connectivity index (χ3v) is 3.00. The highest BCUT2D eigenvalue weighted by Crippen LogP contribution is 2.29. The first-order valence-corrected chi connectivity index (χ1v) is 7.08. The molecule has 25 heavy (non-hydrogen) atoms. The molecule has 2 aromatic carbocycles. The van der Waals surface area contributed by atoms with Crippen LogP contribution < -0.4 is 20.1 Å². The van der Waals surface area contributed by atoms with Gasteiger partial charge in [-0.15, -0.1) is 0 Å². The standard InChI is InChI=1S/C16H15N3O6/c1-10(20)25-13-5-3-4-11(8-13)17-16(21)18-14-7-6-12(19(22)23)9-15(14)24-2/h3-9H,1-2H3,(H2,17,18,21). The average Bonchev–Trinajstić information content (AvgIpc) is 2.54. The van der Waals surface area contributed by atoms with E-state index in [4.69, 9.17) is 9.47 Å². The van der Waals surface area contributed by atoms with Gasteiger partial charge in [0, 0.05) is 24.7 Å². The predicted octanol–water partition coefficient (Wildman–Crippen LogP) is 3.17. The van der Waals surface area contributed by atoms with E-state index in [0.717, 1.165) is 0 Å². The maximum atomic E-state index is 12.1. The minimum atomic E-state index is -0.591. The molecule has 2 rings (SSSR count). The van der Waals surface area contributed by atoms with Crippen LogP contribution in [0.4, 0.5) is 21.9 Å². The van der Waals surface area contributed by atoms with Gasteiger partial charge < -0.3 is 20.1 Å². The monoisotopic (exact) mass is 345 g/mol. The lowest BCUT2D eigenvalue weighted by molar-refractivity contribution is -0.384. The third kappa shape index (κ3) is 4.93. The van der Waals surface area contributed by atoms with E-state index < -0.39 is 16.9 Å². The quantitative estimate of drug-likeness (QED) is 0.372. The van der Waals surface area contributed by atoms with Gasteiger partial charge in [0.1, 0.15) is 11.5 Å². The lowest BCUT2D eigenvalue weighted by Gasteiger charge is -2.11. The van der Waals surface area contributed by atoms with Gasteiger partial charge in [0.2, 0.25) is 0 Å². The lowest BCUT2D eigenvalue weighted by Crippen LogP contribution is -2.19. The number of ether oxygens (including phenoxy) is 2. The topological polar surface area (TPSA) is 120 Å². The maximum absolute atomic E-state index is 12.1. The van der Waals surface area contributed by atoms with Crippen molar-refractivity contribution in [2.24, 2.45) is 0 Å². The highest BCUT2D eigenvalue weighted by molar-refractivity contribution is 6.00. The van der Waals surface area contributed by atoms with Crippen molar-refractivity contribution in [1.29, 1.82) is 0 Å². The van der Waals surface area contributed by atoms with Crippen molar-refractivity contribution < 1.29 is 24.0 Å². The Hall–Kier alpha value is -3.62. The van der Waals surface area contributed by atoms with Gasteiger partial charge in [-0.1, -0.05) is 6.07 Å². The van der Waals surface area contributed by atoms with Crippen molar-refractivity contribution >= 4 is 29.1 Å². The van der Waals surface area contributed by atoms with E-state index in [9.17, 15) is 19.7 Å². The number of nitrogens with one attached hydrogen (secondary N) is 2. The number of urea groups is 1. The van der Waals surface area contributed by atoms with Gasteiger partial charge in [-0.25, -0.2) is 4.79 Å². The number of hydrogen-bond donors (Lipinski definition) is 2. The molecule has 0 radical (unpaired) electrons. The molecular weight excluding hydrogens is 330 g/mol. The number of nitro benzene ring substituents is 1. The molecule has 2 N–H and O–H groups in total. The minimum absolute atomic E-state index is 0.151. The number of nitrogens with zero attached hydrogens (tertiary/aromatic N) is 1. The SMILES string of the molecule is COc1cc([N+](=O)[O-])ccc1NC(=O)Nc1cccc(OC(C)=O)c1. The molecule has 0 unspecified atom stereocenters. The number of non-ortho nitro benzene ring substituents is 1. The molecule has 0 spiro atoms. The first-order valence-electron chi connectivity index (χ1n) is 7.08. The zero-order chi connectivity index (χ0) is 18.4. The molecule has 0 bridgehead atoms. The van der Waals surface area contributed by atoms with Crippen LogP contribution in [0.5, 0.6) is 11.5 Å². The molecule has 0 aliphatic carbocycles. The summed E-state index contributed by atoms with van der Waals surface area (Å²) in [5, 5.41) is 15.9. The molecule has 9 nitrogen and oxygen atoms in total. The first kappa shape index (κ1) is 17.7. The van der Waals surface area contributed by atoms with Crippen molar-refractivity contribution in [3.63, 3.8) is 0 Å². The van der Waals surface area contributed by atoms with Crippen LogP contribution in [0.2, 0.25) is 0 Å². The Labute approximate surface area is 142 Å². The molecule has 130 valence electrons. The molecule has 2 amide bonds. The van der Waals surface area contributed by atoms with Gasteiger partial charge in [0.15, 0.2) is 0 Å². The number of hydrogen-bond acceptors (Lipinski definition) is 6. The van der Waals surface area contributed by atoms with E-state index in [1.54, 1.807) is 18.2 Å². The molecule has 0 saturated heterocycles. The van der Waals surface area contributed by atoms with E-state index in [0.29, 0.717) is 11.4 Å². The molecule has 9 heteroatoms. The van der Waals surface area contributed by atoms with Gasteiger partial charge in [0.05, 0.1) is 23.8 Å². The third-order valence-electron chi connectivity index (χ3n) is 3.00. The zero-order valence-electron chi connectivity index (χ0n) is 13.4. The Kier molecular flexibility index (Phi) is 5.51. The Balaban J connectivity index is 2.10. The number of rotatable bonds is 5. The second-order valence-corrected chi connectivity index (χ2v) is 4.84. The van der Waals surface area contributed by atoms with E-state index in [1.807, 2.05) is 0 Å². The number of methoxy groups -OCH3 is 1. The highest BCUT2D eigenvalue weighted by Gasteiger charge is 2.13. The van der Waals surface area contributed by atoms with Crippen molar-refractivity contribution in [2.75, 3.05) is 17.7 Å². The molecule has 0 fully saturated rings. The molecule has 0 aliphatic heterocycles. The molecule has 0 aromatic heterocycles. The second kappa shape index (κ2) is 7.77. The number of anilines is 2. The lowest BCUT2D eigenvalue weighted by atomic mass is 10.2. The summed E-state index contributed by atoms with van der Waals surface area (Å²) in [6.07, 6.45) is 0. The number of esters is 1. The number of carbonyl (C=O) groups excluding carboxylic acids is 2. The van der Waals surface area contributed by atoms with Crippen LogP contribution in [0, 0.1) is 10.1 Å². The number of carbonyl (C=O) groups is 2. The fourth-order valence-electron chi connectivity index (χ4n) is 1.98. The van der Waals surface area contributed by atoms with Crippen molar-refractivity contribution in [2.45, 2.75) is 6.92 Å². The smallest absolute Gasteiger partial charge is 0.323 e. The van der Waals surface area contributed by atoms with Crippen molar-refractivity contribution in [3.8, 4) is 11.5 Å². The second-order valence-electron chi connectivity index (χ2n) is 4.84. The number of nitro groups is 1. The predicted molar refractivity (Wildman–Crippen MR) is 90.0 cm³/mol. The summed E-state index contributed by atoms with van der Waals surface area (Å²) >= 11 is 0. The first-order chi connectivity index (χ1) is 11.9. The molecule has 0 aliphatic rings. The van der Waals surface area contributed by atoms with Crippen LogP contribution >= 0.6 is 0 Å². The van der Waals surface area contributed by atoms with Gasteiger partial charge in [0.25, 0.3) is 5.69 Å². The van der Waals surface area contributed by atoms with E-state index >= 15 is 0 Å². The van der Waals surface area contributed by atoms with Crippen molar-refractivity contribution in [1.82, 2.24) is 0 Å². The molecule has 2 aromatic rings. The fraction of sp³-hybridized carbons (Fsp3) is 0.125. The highest BCUT2D eigenvalue weighted by atomic mass is 16.6. The normalized spacial score (nSPS) is 9.84. The van der Waals surface area contributed by atoms with Crippen molar-refractivity contribution in [3.05, 3.63) is 52.6 Å². The number of benzene rings is 2. The van der Waals surface area contributed by atoms with Crippen LogP contribution in [0.1, 0.15) is 6.92 Å². The van der Waals surface area contributed by atoms with E-state index in [-0.39, 0.29) is 17.1 Å². The van der Waals surface area contributed by atoms with Gasteiger partial charge in [-0.3, -0.25) is 14.9 Å². The largest absolute Gasteiger partial charge is 0.494 e. The molecule has 0 heterocycles. The summed E-state index contributed by atoms with van der Waals surface area (Å²) in [6, 6.07) is 9.51. The summed E-state index contributed by atoms with van der Waals surface area (Å²) in [5.41, 5.74) is 0.510.